The average molecular weight is 320 g/mol. The molecule has 0 aliphatic carbocycles. The van der Waals surface area contributed by atoms with E-state index in [1.807, 2.05) is 0 Å². The van der Waals surface area contributed by atoms with Crippen molar-refractivity contribution in [3.63, 3.8) is 0 Å². The number of carboxylic acid groups (broad SMARTS) is 1. The second-order valence-corrected chi connectivity index (χ2v) is 9.36. The van der Waals surface area contributed by atoms with Crippen LogP contribution in [0.2, 0.25) is 0 Å². The summed E-state index contributed by atoms with van der Waals surface area (Å²) >= 11 is 0. The molecule has 0 bridgehead atoms. The number of hydrogen-bond donors (Lipinski definition) is 1. The summed E-state index contributed by atoms with van der Waals surface area (Å²) in [6, 6.07) is 4.39. The van der Waals surface area contributed by atoms with Gasteiger partial charge in [0.2, 0.25) is 0 Å². The summed E-state index contributed by atoms with van der Waals surface area (Å²) in [5.74, 6) is 0. The Morgan fingerprint density at radius 2 is 1.22 bits per heavy atom. The molecule has 0 atom stereocenters. The topological polar surface area (TPSA) is 46.5 Å². The van der Waals surface area contributed by atoms with E-state index in [0.717, 1.165) is 11.1 Å². The van der Waals surface area contributed by atoms with Crippen LogP contribution in [0.3, 0.4) is 0 Å². The zero-order chi connectivity index (χ0) is 18.2. The zero-order valence-corrected chi connectivity index (χ0v) is 16.1. The number of rotatable bonds is 2. The summed E-state index contributed by atoms with van der Waals surface area (Å²) < 4.78 is 4.87. The molecule has 0 aromatic heterocycles. The van der Waals surface area contributed by atoms with Crippen LogP contribution in [0, 0.1) is 0 Å². The lowest BCUT2D eigenvalue weighted by Gasteiger charge is -2.34. The first kappa shape index (κ1) is 19.5. The summed E-state index contributed by atoms with van der Waals surface area (Å²) in [7, 11) is 0. The number of carbonyl (C=O) groups is 1. The van der Waals surface area contributed by atoms with Crippen molar-refractivity contribution < 1.29 is 14.6 Å². The van der Waals surface area contributed by atoms with E-state index in [4.69, 9.17) is 9.84 Å². The second-order valence-electron chi connectivity index (χ2n) is 9.36. The van der Waals surface area contributed by atoms with Gasteiger partial charge in [0.1, 0.15) is 6.61 Å². The van der Waals surface area contributed by atoms with Gasteiger partial charge >= 0.3 is 6.16 Å². The molecule has 3 heteroatoms. The molecule has 0 saturated carbocycles. The van der Waals surface area contributed by atoms with Gasteiger partial charge in [-0.1, -0.05) is 74.4 Å². The molecule has 0 fully saturated rings. The van der Waals surface area contributed by atoms with Crippen LogP contribution in [0.15, 0.2) is 12.1 Å². The van der Waals surface area contributed by atoms with E-state index in [1.165, 1.54) is 11.1 Å². The first-order chi connectivity index (χ1) is 10.1. The maximum absolute atomic E-state index is 10.8. The fourth-order valence-electron chi connectivity index (χ4n) is 2.84. The fraction of sp³-hybridized carbons (Fsp3) is 0.650. The van der Waals surface area contributed by atoms with Crippen molar-refractivity contribution in [1.82, 2.24) is 0 Å². The van der Waals surface area contributed by atoms with Crippen molar-refractivity contribution in [2.24, 2.45) is 0 Å². The van der Waals surface area contributed by atoms with Crippen LogP contribution >= 0.6 is 0 Å². The maximum atomic E-state index is 10.8. The third kappa shape index (κ3) is 4.98. The van der Waals surface area contributed by atoms with E-state index in [2.05, 4.69) is 74.4 Å². The Kier molecular flexibility index (Phi) is 5.25. The Bertz CT molecular complexity index is 579. The Balaban J connectivity index is 3.65. The number of benzene rings is 1. The molecule has 0 heterocycles. The van der Waals surface area contributed by atoms with Gasteiger partial charge in [0.05, 0.1) is 0 Å². The van der Waals surface area contributed by atoms with E-state index in [0.29, 0.717) is 0 Å². The summed E-state index contributed by atoms with van der Waals surface area (Å²) in [6.07, 6.45) is -1.23. The van der Waals surface area contributed by atoms with Gasteiger partial charge in [0.25, 0.3) is 0 Å². The van der Waals surface area contributed by atoms with Crippen LogP contribution < -0.4 is 0 Å². The normalized spacial score (nSPS) is 13.1. The lowest BCUT2D eigenvalue weighted by molar-refractivity contribution is 0.0848. The smallest absolute Gasteiger partial charge is 0.450 e. The molecule has 0 saturated heterocycles. The van der Waals surface area contributed by atoms with Crippen molar-refractivity contribution in [1.29, 1.82) is 0 Å². The highest BCUT2D eigenvalue weighted by Crippen LogP contribution is 2.39. The molecular formula is C20H32O3. The van der Waals surface area contributed by atoms with Crippen molar-refractivity contribution in [2.75, 3.05) is 0 Å². The molecule has 0 unspecified atom stereocenters. The minimum Gasteiger partial charge on any atom is -0.450 e. The quantitative estimate of drug-likeness (QED) is 0.703. The standard InChI is InChI=1S/C20H32O3/c1-18(2,3)14-11-16(20(7,8)9)15(19(4,5)6)10-13(14)12-23-17(21)22/h10-11H,12H2,1-9H3,(H,21,22). The van der Waals surface area contributed by atoms with Crippen molar-refractivity contribution in [2.45, 2.75) is 85.2 Å². The largest absolute Gasteiger partial charge is 0.506 e. The van der Waals surface area contributed by atoms with E-state index in [1.54, 1.807) is 0 Å². The van der Waals surface area contributed by atoms with Crippen molar-refractivity contribution >= 4 is 6.16 Å². The predicted molar refractivity (Wildman–Crippen MR) is 95.4 cm³/mol. The molecule has 1 aromatic carbocycles. The molecular weight excluding hydrogens is 288 g/mol. The first-order valence-electron chi connectivity index (χ1n) is 8.18. The molecule has 1 N–H and O–H groups in total. The highest BCUT2D eigenvalue weighted by atomic mass is 16.7. The summed E-state index contributed by atoms with van der Waals surface area (Å²) in [4.78, 5) is 10.8. The molecule has 0 spiro atoms. The summed E-state index contributed by atoms with van der Waals surface area (Å²) in [6.45, 7) is 19.8. The maximum Gasteiger partial charge on any atom is 0.506 e. The number of hydrogen-bond acceptors (Lipinski definition) is 2. The third-order valence-electron chi connectivity index (χ3n) is 4.02. The molecule has 0 aliphatic rings. The van der Waals surface area contributed by atoms with Crippen LogP contribution in [-0.4, -0.2) is 11.3 Å². The molecule has 1 rings (SSSR count). The van der Waals surface area contributed by atoms with Crippen molar-refractivity contribution in [3.8, 4) is 0 Å². The Morgan fingerprint density at radius 1 is 0.826 bits per heavy atom. The average Bonchev–Trinajstić information content (AvgIpc) is 2.31. The van der Waals surface area contributed by atoms with Gasteiger partial charge < -0.3 is 9.84 Å². The first-order valence-corrected chi connectivity index (χ1v) is 8.18. The van der Waals surface area contributed by atoms with E-state index >= 15 is 0 Å². The third-order valence-corrected chi connectivity index (χ3v) is 4.02. The van der Waals surface area contributed by atoms with E-state index in [-0.39, 0.29) is 22.9 Å². The van der Waals surface area contributed by atoms with Crippen LogP contribution in [0.1, 0.15) is 84.6 Å². The van der Waals surface area contributed by atoms with Gasteiger partial charge in [-0.3, -0.25) is 0 Å². The second kappa shape index (κ2) is 6.18. The SMILES string of the molecule is CC(C)(C)c1cc(C(C)(C)C)c(C(C)(C)C)cc1COC(=O)O. The lowest BCUT2D eigenvalue weighted by atomic mass is 9.71. The highest BCUT2D eigenvalue weighted by molar-refractivity contribution is 5.57. The number of ether oxygens (including phenoxy) is 1. The highest BCUT2D eigenvalue weighted by Gasteiger charge is 2.29. The monoisotopic (exact) mass is 320 g/mol. The molecule has 0 aliphatic heterocycles. The van der Waals surface area contributed by atoms with Crippen LogP contribution in [0.5, 0.6) is 0 Å². The molecule has 0 radical (unpaired) electrons. The van der Waals surface area contributed by atoms with Gasteiger partial charge in [0, 0.05) is 0 Å². The summed E-state index contributed by atoms with van der Waals surface area (Å²) in [5.41, 5.74) is 4.60. The Hall–Kier alpha value is -1.51. The van der Waals surface area contributed by atoms with Crippen LogP contribution in [0.4, 0.5) is 4.79 Å². The minimum absolute atomic E-state index is 0.0169. The molecule has 23 heavy (non-hydrogen) atoms. The van der Waals surface area contributed by atoms with Gasteiger partial charge in [0.15, 0.2) is 0 Å². The zero-order valence-electron chi connectivity index (χ0n) is 16.1. The molecule has 0 amide bonds. The predicted octanol–water partition coefficient (Wildman–Crippen LogP) is 5.77. The van der Waals surface area contributed by atoms with E-state index < -0.39 is 6.16 Å². The van der Waals surface area contributed by atoms with Crippen molar-refractivity contribution in [3.05, 3.63) is 34.4 Å². The molecule has 3 nitrogen and oxygen atoms in total. The van der Waals surface area contributed by atoms with Crippen LogP contribution in [0.25, 0.3) is 0 Å². The van der Waals surface area contributed by atoms with E-state index in [9.17, 15) is 4.79 Å². The Labute approximate surface area is 141 Å². The van der Waals surface area contributed by atoms with Gasteiger partial charge in [-0.05, 0) is 38.5 Å². The Morgan fingerprint density at radius 3 is 1.57 bits per heavy atom. The van der Waals surface area contributed by atoms with Crippen LogP contribution in [-0.2, 0) is 27.6 Å². The lowest BCUT2D eigenvalue weighted by Crippen LogP contribution is -2.25. The minimum atomic E-state index is -1.23. The summed E-state index contributed by atoms with van der Waals surface area (Å²) in [5, 5.41) is 8.86. The van der Waals surface area contributed by atoms with Gasteiger partial charge in [-0.15, -0.1) is 0 Å². The van der Waals surface area contributed by atoms with Gasteiger partial charge in [-0.2, -0.15) is 0 Å². The molecule has 1 aromatic rings. The van der Waals surface area contributed by atoms with Gasteiger partial charge in [-0.25, -0.2) is 4.79 Å². The fourth-order valence-corrected chi connectivity index (χ4v) is 2.84. The molecule has 130 valence electrons.